The zero-order chi connectivity index (χ0) is 38.2. The van der Waals surface area contributed by atoms with Crippen LogP contribution in [-0.2, 0) is 0 Å². The third kappa shape index (κ3) is 6.19. The van der Waals surface area contributed by atoms with Crippen LogP contribution in [0.1, 0.15) is 63.7 Å². The smallest absolute Gasteiger partial charge is 0.194 e. The van der Waals surface area contributed by atoms with Gasteiger partial charge in [0.25, 0.3) is 0 Å². The molecule has 0 bridgehead atoms. The summed E-state index contributed by atoms with van der Waals surface area (Å²) in [6.07, 6.45) is 0. The molecule has 4 heteroatoms. The number of hydrogen-bond donors (Lipinski definition) is 0. The minimum absolute atomic E-state index is 0.0954. The van der Waals surface area contributed by atoms with Gasteiger partial charge in [0.2, 0.25) is 0 Å². The second-order valence-corrected chi connectivity index (χ2v) is 13.8. The molecule has 56 heavy (non-hydrogen) atoms. The lowest BCUT2D eigenvalue weighted by Crippen LogP contribution is -2.21. The quantitative estimate of drug-likeness (QED) is 0.181. The maximum Gasteiger partial charge on any atom is 0.194 e. The van der Waals surface area contributed by atoms with Crippen LogP contribution in [-0.4, -0.2) is 23.1 Å². The molecule has 0 amide bonds. The first-order chi connectivity index (χ1) is 27.4. The number of rotatable bonds is 4. The van der Waals surface area contributed by atoms with E-state index in [1.54, 1.807) is 24.3 Å². The molecule has 0 atom stereocenters. The van der Waals surface area contributed by atoms with Gasteiger partial charge in [0.05, 0.1) is 0 Å². The molecule has 8 aromatic rings. The normalized spacial score (nSPS) is 12.4. The van der Waals surface area contributed by atoms with E-state index in [1.807, 2.05) is 170 Å². The first-order valence-corrected chi connectivity index (χ1v) is 18.4. The number of ketones is 4. The van der Waals surface area contributed by atoms with Crippen LogP contribution in [0.3, 0.4) is 0 Å². The fourth-order valence-corrected chi connectivity index (χ4v) is 7.54. The Bertz CT molecular complexity index is 2440. The van der Waals surface area contributed by atoms with Gasteiger partial charge in [-0.25, -0.2) is 0 Å². The van der Waals surface area contributed by atoms with Gasteiger partial charge in [0, 0.05) is 44.5 Å². The number of carbonyl (C=O) groups is 4. The molecule has 0 spiro atoms. The van der Waals surface area contributed by atoms with Crippen LogP contribution in [0.25, 0.3) is 44.5 Å². The Morgan fingerprint density at radius 2 is 0.375 bits per heavy atom. The van der Waals surface area contributed by atoms with E-state index in [0.29, 0.717) is 44.5 Å². The lowest BCUT2D eigenvalue weighted by Gasteiger charge is -2.19. The van der Waals surface area contributed by atoms with Crippen molar-refractivity contribution in [3.8, 4) is 44.5 Å². The van der Waals surface area contributed by atoms with E-state index in [9.17, 15) is 19.2 Å². The van der Waals surface area contributed by atoms with Crippen LogP contribution in [0, 0.1) is 0 Å². The monoisotopic (exact) mass is 720 g/mol. The predicted molar refractivity (Wildman–Crippen MR) is 221 cm³/mol. The molecule has 10 rings (SSSR count). The third-order valence-corrected chi connectivity index (χ3v) is 10.5. The second kappa shape index (κ2) is 14.3. The lowest BCUT2D eigenvalue weighted by atomic mass is 9.81. The average Bonchev–Trinajstić information content (AvgIpc) is 3.28. The van der Waals surface area contributed by atoms with Gasteiger partial charge in [-0.3, -0.25) is 19.2 Å². The second-order valence-electron chi connectivity index (χ2n) is 13.8. The van der Waals surface area contributed by atoms with E-state index in [-0.39, 0.29) is 23.1 Å². The number of fused-ring (bicyclic) bond motifs is 4. The molecule has 0 saturated carbocycles. The highest BCUT2D eigenvalue weighted by Crippen LogP contribution is 2.35. The van der Waals surface area contributed by atoms with Crippen LogP contribution >= 0.6 is 0 Å². The van der Waals surface area contributed by atoms with Gasteiger partial charge in [0.15, 0.2) is 23.1 Å². The standard InChI is InChI=1S/2C26H16O2/c2*27-25-22-14-12-20(18-9-5-2-6-10-18)16-24(22)26(28)21-13-11-19(15-23(21)25)17-7-3-1-4-8-17/h2*1-16H. The first kappa shape index (κ1) is 34.2. The van der Waals surface area contributed by atoms with Crippen LogP contribution in [0.5, 0.6) is 0 Å². The Morgan fingerprint density at radius 1 is 0.179 bits per heavy atom. The number of hydrogen-bond acceptors (Lipinski definition) is 4. The van der Waals surface area contributed by atoms with E-state index in [2.05, 4.69) is 0 Å². The Morgan fingerprint density at radius 3 is 0.571 bits per heavy atom. The summed E-state index contributed by atoms with van der Waals surface area (Å²) < 4.78 is 0. The molecule has 2 aliphatic rings. The zero-order valence-electron chi connectivity index (χ0n) is 30.1. The predicted octanol–water partition coefficient (Wildman–Crippen LogP) is 11.6. The summed E-state index contributed by atoms with van der Waals surface area (Å²) in [5.41, 5.74) is 11.6. The first-order valence-electron chi connectivity index (χ1n) is 18.4. The molecular formula is C52H32O4. The number of carbonyl (C=O) groups excluding carboxylic acids is 4. The molecule has 0 fully saturated rings. The Labute approximate surface area is 324 Å². The van der Waals surface area contributed by atoms with Gasteiger partial charge in [-0.1, -0.05) is 146 Å². The van der Waals surface area contributed by atoms with Crippen molar-refractivity contribution in [3.05, 3.63) is 239 Å². The molecule has 0 unspecified atom stereocenters. The molecule has 0 heterocycles. The minimum Gasteiger partial charge on any atom is -0.289 e. The highest BCUT2D eigenvalue weighted by Gasteiger charge is 2.31. The minimum atomic E-state index is -0.0954. The fourth-order valence-electron chi connectivity index (χ4n) is 7.54. The highest BCUT2D eigenvalue weighted by atomic mass is 16.1. The summed E-state index contributed by atoms with van der Waals surface area (Å²) in [7, 11) is 0. The topological polar surface area (TPSA) is 68.3 Å². The van der Waals surface area contributed by atoms with E-state index >= 15 is 0 Å². The molecule has 0 saturated heterocycles. The maximum atomic E-state index is 13.1. The van der Waals surface area contributed by atoms with Crippen molar-refractivity contribution in [1.29, 1.82) is 0 Å². The summed E-state index contributed by atoms with van der Waals surface area (Å²) in [6.45, 7) is 0. The van der Waals surface area contributed by atoms with Crippen molar-refractivity contribution in [2.75, 3.05) is 0 Å². The fraction of sp³-hybridized carbons (Fsp3) is 0. The van der Waals surface area contributed by atoms with Crippen molar-refractivity contribution in [2.45, 2.75) is 0 Å². The molecule has 264 valence electrons. The zero-order valence-corrected chi connectivity index (χ0v) is 30.1. The molecular weight excluding hydrogens is 689 g/mol. The van der Waals surface area contributed by atoms with Gasteiger partial charge in [-0.15, -0.1) is 0 Å². The summed E-state index contributed by atoms with van der Waals surface area (Å²) in [5, 5.41) is 0. The van der Waals surface area contributed by atoms with Crippen LogP contribution in [0.15, 0.2) is 194 Å². The molecule has 0 aromatic heterocycles. The van der Waals surface area contributed by atoms with Crippen LogP contribution in [0.4, 0.5) is 0 Å². The van der Waals surface area contributed by atoms with E-state index in [1.165, 1.54) is 0 Å². The van der Waals surface area contributed by atoms with Crippen molar-refractivity contribution < 1.29 is 19.2 Å². The van der Waals surface area contributed by atoms with E-state index in [4.69, 9.17) is 0 Å². The van der Waals surface area contributed by atoms with Crippen molar-refractivity contribution in [2.24, 2.45) is 0 Å². The SMILES string of the molecule is O=C1c2ccc(-c3ccccc3)cc2C(=O)c2ccc(-c3ccccc3)cc21.O=C1c2ccc(-c3ccccc3)cc2C(=O)c2ccc(-c3ccccc3)cc21. The molecule has 8 aromatic carbocycles. The third-order valence-electron chi connectivity index (χ3n) is 10.5. The van der Waals surface area contributed by atoms with Crippen LogP contribution in [0.2, 0.25) is 0 Å². The molecule has 0 aliphatic heterocycles. The molecule has 0 N–H and O–H groups in total. The van der Waals surface area contributed by atoms with E-state index in [0.717, 1.165) is 44.5 Å². The van der Waals surface area contributed by atoms with Crippen molar-refractivity contribution in [1.82, 2.24) is 0 Å². The molecule has 0 radical (unpaired) electrons. The summed E-state index contributed by atoms with van der Waals surface area (Å²) in [5.74, 6) is -0.382. The molecule has 4 nitrogen and oxygen atoms in total. The largest absolute Gasteiger partial charge is 0.289 e. The Balaban J connectivity index is 0.000000146. The Hall–Kier alpha value is -7.56. The summed E-state index contributed by atoms with van der Waals surface area (Å²) in [4.78, 5) is 52.5. The van der Waals surface area contributed by atoms with E-state index < -0.39 is 0 Å². The van der Waals surface area contributed by atoms with Gasteiger partial charge in [-0.05, 0) is 93.0 Å². The highest BCUT2D eigenvalue weighted by molar-refractivity contribution is 6.30. The van der Waals surface area contributed by atoms with Crippen LogP contribution < -0.4 is 0 Å². The summed E-state index contributed by atoms with van der Waals surface area (Å²) in [6, 6.07) is 61.5. The van der Waals surface area contributed by atoms with Gasteiger partial charge in [-0.2, -0.15) is 0 Å². The maximum absolute atomic E-state index is 13.1. The lowest BCUT2D eigenvalue weighted by molar-refractivity contribution is 0.0979. The van der Waals surface area contributed by atoms with Gasteiger partial charge < -0.3 is 0 Å². The van der Waals surface area contributed by atoms with Crippen molar-refractivity contribution in [3.63, 3.8) is 0 Å². The summed E-state index contributed by atoms with van der Waals surface area (Å²) >= 11 is 0. The average molecular weight is 721 g/mol. The van der Waals surface area contributed by atoms with Gasteiger partial charge >= 0.3 is 0 Å². The number of benzene rings is 8. The van der Waals surface area contributed by atoms with Crippen molar-refractivity contribution >= 4 is 23.1 Å². The Kier molecular flexibility index (Phi) is 8.77. The molecule has 2 aliphatic carbocycles. The van der Waals surface area contributed by atoms with Gasteiger partial charge in [0.1, 0.15) is 0 Å².